The molecule has 0 N–H and O–H groups in total. The van der Waals surface area contributed by atoms with Crippen molar-refractivity contribution in [2.24, 2.45) is 0 Å². The molecule has 1 saturated heterocycles. The molecule has 0 bridgehead atoms. The summed E-state index contributed by atoms with van der Waals surface area (Å²) in [6, 6.07) is 20.4. The van der Waals surface area contributed by atoms with Gasteiger partial charge < -0.3 is 17.1 Å². The first-order chi connectivity index (χ1) is 11.8. The summed E-state index contributed by atoms with van der Waals surface area (Å²) in [4.78, 5) is 14.5. The number of piperidine rings is 1. The van der Waals surface area contributed by atoms with Crippen LogP contribution in [0.4, 0.5) is 0 Å². The number of ether oxygens (including phenoxy) is 1. The number of halogens is 1. The molecule has 1 aliphatic rings. The maximum atomic E-state index is 11.9. The molecule has 0 aromatic heterocycles. The number of nitrogens with zero attached hydrogens (tertiary/aromatic N) is 1. The van der Waals surface area contributed by atoms with E-state index in [2.05, 4.69) is 35.2 Å². The third kappa shape index (κ3) is 5.58. The first-order valence-corrected chi connectivity index (χ1v) is 8.86. The van der Waals surface area contributed by atoms with Gasteiger partial charge in [0.05, 0.1) is 12.2 Å². The van der Waals surface area contributed by atoms with Crippen molar-refractivity contribution in [2.75, 3.05) is 19.7 Å². The van der Waals surface area contributed by atoms with Crippen LogP contribution in [0.15, 0.2) is 60.7 Å². The molecule has 1 fully saturated rings. The first kappa shape index (κ1) is 19.5. The van der Waals surface area contributed by atoms with E-state index >= 15 is 0 Å². The molecule has 3 rings (SSSR count). The van der Waals surface area contributed by atoms with Crippen LogP contribution >= 0.6 is 0 Å². The van der Waals surface area contributed by atoms with Crippen LogP contribution in [0.25, 0.3) is 0 Å². The van der Waals surface area contributed by atoms with Crippen molar-refractivity contribution in [3.63, 3.8) is 0 Å². The van der Waals surface area contributed by atoms with Gasteiger partial charge in [0.25, 0.3) is 0 Å². The third-order valence-electron chi connectivity index (χ3n) is 4.63. The van der Waals surface area contributed by atoms with Crippen molar-refractivity contribution in [1.82, 2.24) is 4.90 Å². The van der Waals surface area contributed by atoms with Crippen molar-refractivity contribution in [2.45, 2.75) is 31.7 Å². The van der Waals surface area contributed by atoms with Crippen LogP contribution in [0.1, 0.15) is 49.1 Å². The lowest BCUT2D eigenvalue weighted by Crippen LogP contribution is -3.00. The molecule has 25 heavy (non-hydrogen) atoms. The molecule has 4 heteroatoms. The number of carbonyl (C=O) groups excluding carboxylic acids is 1. The number of hydrogen-bond acceptors (Lipinski definition) is 3. The average molecular weight is 360 g/mol. The van der Waals surface area contributed by atoms with E-state index in [1.54, 1.807) is 12.1 Å². The molecule has 134 valence electrons. The number of rotatable bonds is 6. The van der Waals surface area contributed by atoms with Crippen LogP contribution < -0.4 is 12.4 Å². The standard InChI is InChI=1S/C21H25NO2.ClH/c23-21(19-12-5-2-6-13-19)24-17-9-16-22-15-8-7-14-20(22)18-10-3-1-4-11-18;/h1-6,10-13,20H,7-9,14-17H2;1H. The summed E-state index contributed by atoms with van der Waals surface area (Å²) < 4.78 is 5.39. The molecule has 1 unspecified atom stereocenters. The van der Waals surface area contributed by atoms with Gasteiger partial charge in [0.1, 0.15) is 0 Å². The Morgan fingerprint density at radius 2 is 1.72 bits per heavy atom. The predicted molar refractivity (Wildman–Crippen MR) is 97.1 cm³/mol. The van der Waals surface area contributed by atoms with E-state index < -0.39 is 0 Å². The Hall–Kier alpha value is -1.84. The zero-order valence-corrected chi connectivity index (χ0v) is 15.2. The van der Waals surface area contributed by atoms with E-state index in [4.69, 9.17) is 4.74 Å². The maximum Gasteiger partial charge on any atom is 1.00 e. The van der Waals surface area contributed by atoms with Crippen molar-refractivity contribution in [3.8, 4) is 0 Å². The highest BCUT2D eigenvalue weighted by Crippen LogP contribution is 2.30. The van der Waals surface area contributed by atoms with Crippen LogP contribution in [0.2, 0.25) is 0 Å². The fourth-order valence-electron chi connectivity index (χ4n) is 3.40. The number of hydrogen-bond donors (Lipinski definition) is 0. The Labute approximate surface area is 157 Å². The van der Waals surface area contributed by atoms with Gasteiger partial charge in [-0.3, -0.25) is 4.90 Å². The summed E-state index contributed by atoms with van der Waals surface area (Å²) in [6.07, 6.45) is 4.64. The Morgan fingerprint density at radius 1 is 1.04 bits per heavy atom. The smallest absolute Gasteiger partial charge is 1.00 e. The van der Waals surface area contributed by atoms with Crippen molar-refractivity contribution < 1.29 is 23.4 Å². The summed E-state index contributed by atoms with van der Waals surface area (Å²) in [5.74, 6) is -0.228. The van der Waals surface area contributed by atoms with Gasteiger partial charge in [0.15, 0.2) is 0 Å². The summed E-state index contributed by atoms with van der Waals surface area (Å²) in [5.41, 5.74) is 2.02. The van der Waals surface area contributed by atoms with Gasteiger partial charge >= 0.3 is 7.40 Å². The Kier molecular flexibility index (Phi) is 7.96. The van der Waals surface area contributed by atoms with Crippen molar-refractivity contribution >= 4 is 5.97 Å². The van der Waals surface area contributed by atoms with E-state index in [1.807, 2.05) is 18.2 Å². The van der Waals surface area contributed by atoms with Crippen LogP contribution in [-0.4, -0.2) is 30.6 Å². The molecule has 2 aromatic rings. The highest BCUT2D eigenvalue weighted by Gasteiger charge is 2.23. The zero-order chi connectivity index (χ0) is 16.6. The lowest BCUT2D eigenvalue weighted by molar-refractivity contribution is -0.0000239. The van der Waals surface area contributed by atoms with Crippen LogP contribution in [0.3, 0.4) is 0 Å². The molecule has 1 atom stereocenters. The molecule has 1 aliphatic heterocycles. The molecule has 0 aliphatic carbocycles. The maximum absolute atomic E-state index is 11.9. The number of benzene rings is 2. The molecule has 0 amide bonds. The topological polar surface area (TPSA) is 29.5 Å². The molecular weight excluding hydrogens is 334 g/mol. The monoisotopic (exact) mass is 359 g/mol. The minimum absolute atomic E-state index is 0. The van der Waals surface area contributed by atoms with E-state index in [9.17, 15) is 4.79 Å². The van der Waals surface area contributed by atoms with Gasteiger partial charge in [-0.1, -0.05) is 55.0 Å². The molecule has 0 saturated carbocycles. The SMILES string of the molecule is O=C(OCCCN1CCCCC1c1ccccc1)c1ccccc1.[Cl-].[H+]. The second-order valence-electron chi connectivity index (χ2n) is 6.31. The van der Waals surface area contributed by atoms with Crippen LogP contribution in [0.5, 0.6) is 0 Å². The number of carbonyl (C=O) groups is 1. The second-order valence-corrected chi connectivity index (χ2v) is 6.31. The normalized spacial score (nSPS) is 17.5. The summed E-state index contributed by atoms with van der Waals surface area (Å²) in [6.45, 7) is 2.58. The highest BCUT2D eigenvalue weighted by molar-refractivity contribution is 5.89. The van der Waals surface area contributed by atoms with Gasteiger partial charge in [-0.2, -0.15) is 0 Å². The van der Waals surface area contributed by atoms with Gasteiger partial charge in [-0.15, -0.1) is 0 Å². The fraction of sp³-hybridized carbons (Fsp3) is 0.381. The van der Waals surface area contributed by atoms with Crippen molar-refractivity contribution in [3.05, 3.63) is 71.8 Å². The second kappa shape index (κ2) is 10.2. The summed E-state index contributed by atoms with van der Waals surface area (Å²) in [5, 5.41) is 0. The number of esters is 1. The quantitative estimate of drug-likeness (QED) is 0.579. The summed E-state index contributed by atoms with van der Waals surface area (Å²) in [7, 11) is 0. The average Bonchev–Trinajstić information content (AvgIpc) is 2.67. The molecular formula is C21H26ClNO2. The van der Waals surface area contributed by atoms with Crippen molar-refractivity contribution in [1.29, 1.82) is 0 Å². The molecule has 0 radical (unpaired) electrons. The summed E-state index contributed by atoms with van der Waals surface area (Å²) >= 11 is 0. The Balaban J connectivity index is 0.00000169. The molecule has 0 spiro atoms. The van der Waals surface area contributed by atoms with Crippen LogP contribution in [-0.2, 0) is 4.74 Å². The molecule has 2 aromatic carbocycles. The molecule has 1 heterocycles. The predicted octanol–water partition coefficient (Wildman–Crippen LogP) is 1.58. The van der Waals surface area contributed by atoms with Gasteiger partial charge in [0, 0.05) is 12.6 Å². The van der Waals surface area contributed by atoms with Gasteiger partial charge in [-0.05, 0) is 43.5 Å². The largest absolute Gasteiger partial charge is 1.00 e. The van der Waals surface area contributed by atoms with E-state index in [0.29, 0.717) is 18.2 Å². The van der Waals surface area contributed by atoms with E-state index in [-0.39, 0.29) is 19.8 Å². The lowest BCUT2D eigenvalue weighted by Gasteiger charge is -2.36. The third-order valence-corrected chi connectivity index (χ3v) is 4.63. The highest BCUT2D eigenvalue weighted by atomic mass is 35.5. The van der Waals surface area contributed by atoms with Crippen LogP contribution in [0, 0.1) is 0 Å². The Morgan fingerprint density at radius 3 is 2.44 bits per heavy atom. The van der Waals surface area contributed by atoms with Gasteiger partial charge in [0.2, 0.25) is 0 Å². The van der Waals surface area contributed by atoms with E-state index in [0.717, 1.165) is 19.5 Å². The fourth-order valence-corrected chi connectivity index (χ4v) is 3.40. The minimum atomic E-state index is -0.228. The first-order valence-electron chi connectivity index (χ1n) is 8.86. The number of likely N-dealkylation sites (tertiary alicyclic amines) is 1. The molecule has 3 nitrogen and oxygen atoms in total. The van der Waals surface area contributed by atoms with E-state index in [1.165, 1.54) is 24.8 Å². The zero-order valence-electron chi connectivity index (χ0n) is 15.4. The Bertz CT molecular complexity index is 639. The van der Waals surface area contributed by atoms with Gasteiger partial charge in [-0.25, -0.2) is 4.79 Å². The lowest BCUT2D eigenvalue weighted by atomic mass is 9.95. The minimum Gasteiger partial charge on any atom is -1.00 e.